The molecular formula is C18H34NO4P. The Bertz CT molecular complexity index is 472. The Kier molecular flexibility index (Phi) is 10.8. The van der Waals surface area contributed by atoms with E-state index >= 15 is 0 Å². The molecule has 0 spiro atoms. The molecule has 5 nitrogen and oxygen atoms in total. The summed E-state index contributed by atoms with van der Waals surface area (Å²) in [6.07, 6.45) is 4.03. The zero-order valence-corrected chi connectivity index (χ0v) is 17.1. The summed E-state index contributed by atoms with van der Waals surface area (Å²) in [5, 5.41) is 0. The fourth-order valence-corrected chi connectivity index (χ4v) is 2.60. The van der Waals surface area contributed by atoms with Crippen LogP contribution in [0.3, 0.4) is 0 Å². The van der Waals surface area contributed by atoms with Gasteiger partial charge in [-0.3, -0.25) is 0 Å². The van der Waals surface area contributed by atoms with E-state index in [2.05, 4.69) is 26.8 Å². The second kappa shape index (κ2) is 11.4. The molecule has 0 rings (SSSR count). The van der Waals surface area contributed by atoms with Gasteiger partial charge in [-0.15, -0.1) is 0 Å². The van der Waals surface area contributed by atoms with Crippen LogP contribution in [-0.2, 0) is 19.1 Å². The van der Waals surface area contributed by atoms with Crippen LogP contribution in [0.15, 0.2) is 23.8 Å². The van der Waals surface area contributed by atoms with E-state index in [4.69, 9.17) is 9.47 Å². The molecular weight excluding hydrogens is 325 g/mol. The van der Waals surface area contributed by atoms with Gasteiger partial charge in [0.1, 0.15) is 0 Å². The van der Waals surface area contributed by atoms with E-state index in [-0.39, 0.29) is 11.9 Å². The van der Waals surface area contributed by atoms with E-state index in [1.54, 1.807) is 13.8 Å². The normalized spacial score (nSPS) is 12.9. The second-order valence-corrected chi connectivity index (χ2v) is 12.5. The molecule has 0 saturated heterocycles. The fraction of sp³-hybridized carbons (Fsp3) is 0.667. The average Bonchev–Trinajstić information content (AvgIpc) is 2.51. The predicted molar refractivity (Wildman–Crippen MR) is 104 cm³/mol. The van der Waals surface area contributed by atoms with E-state index in [1.807, 2.05) is 18.0 Å². The van der Waals surface area contributed by atoms with Crippen LogP contribution in [-0.4, -0.2) is 75.8 Å². The SMILES string of the molecule is C=C(C)C(=O)OCCN(C)C/C=C(\C)C(=O)OCC[PH](C)(C)CC. The first-order chi connectivity index (χ1) is 11.1. The van der Waals surface area contributed by atoms with Crippen LogP contribution in [0.4, 0.5) is 0 Å². The third-order valence-corrected chi connectivity index (χ3v) is 7.53. The number of hydrogen-bond donors (Lipinski definition) is 0. The quantitative estimate of drug-likeness (QED) is 0.322. The maximum atomic E-state index is 11.9. The number of ether oxygens (including phenoxy) is 2. The summed E-state index contributed by atoms with van der Waals surface area (Å²) in [4.78, 5) is 25.2. The number of esters is 2. The molecule has 0 heterocycles. The van der Waals surface area contributed by atoms with Gasteiger partial charge in [-0.05, 0) is 6.92 Å². The molecule has 0 amide bonds. The zero-order chi connectivity index (χ0) is 18.8. The predicted octanol–water partition coefficient (Wildman–Crippen LogP) is 2.56. The first-order valence-corrected chi connectivity index (χ1v) is 11.9. The van der Waals surface area contributed by atoms with E-state index in [0.717, 1.165) is 6.16 Å². The van der Waals surface area contributed by atoms with E-state index in [1.165, 1.54) is 6.16 Å². The van der Waals surface area contributed by atoms with Crippen LogP contribution in [0, 0.1) is 0 Å². The van der Waals surface area contributed by atoms with Gasteiger partial charge in [0.05, 0.1) is 0 Å². The van der Waals surface area contributed by atoms with Gasteiger partial charge < -0.3 is 0 Å². The van der Waals surface area contributed by atoms with Crippen molar-refractivity contribution in [3.05, 3.63) is 23.8 Å². The second-order valence-electron chi connectivity index (χ2n) is 6.97. The molecule has 140 valence electrons. The molecule has 0 saturated carbocycles. The molecule has 6 heteroatoms. The first kappa shape index (κ1) is 22.8. The molecule has 0 bridgehead atoms. The van der Waals surface area contributed by atoms with Crippen LogP contribution in [0.5, 0.6) is 0 Å². The van der Waals surface area contributed by atoms with Crippen molar-refractivity contribution >= 4 is 19.2 Å². The van der Waals surface area contributed by atoms with Crippen molar-refractivity contribution in [2.24, 2.45) is 0 Å². The van der Waals surface area contributed by atoms with Gasteiger partial charge in [-0.25, -0.2) is 4.79 Å². The van der Waals surface area contributed by atoms with Crippen LogP contribution in [0.1, 0.15) is 20.8 Å². The minimum absolute atomic E-state index is 0.252. The Morgan fingerprint density at radius 1 is 1.12 bits per heavy atom. The third-order valence-electron chi connectivity index (χ3n) is 4.05. The molecule has 0 atom stereocenters. The maximum absolute atomic E-state index is 11.9. The van der Waals surface area contributed by atoms with Gasteiger partial charge in [-0.2, -0.15) is 0 Å². The van der Waals surface area contributed by atoms with Crippen molar-refractivity contribution in [1.29, 1.82) is 0 Å². The minimum atomic E-state index is -1.20. The monoisotopic (exact) mass is 359 g/mol. The van der Waals surface area contributed by atoms with E-state index < -0.39 is 7.26 Å². The van der Waals surface area contributed by atoms with Crippen LogP contribution in [0.2, 0.25) is 0 Å². The summed E-state index contributed by atoms with van der Waals surface area (Å²) >= 11 is 0. The van der Waals surface area contributed by atoms with Crippen molar-refractivity contribution in [2.45, 2.75) is 20.8 Å². The van der Waals surface area contributed by atoms with Gasteiger partial charge in [0.15, 0.2) is 0 Å². The topological polar surface area (TPSA) is 55.8 Å². The van der Waals surface area contributed by atoms with Gasteiger partial charge >= 0.3 is 123 Å². The van der Waals surface area contributed by atoms with Gasteiger partial charge in [0.2, 0.25) is 0 Å². The van der Waals surface area contributed by atoms with Crippen molar-refractivity contribution in [3.8, 4) is 0 Å². The first-order valence-electron chi connectivity index (χ1n) is 8.44. The molecule has 0 radical (unpaired) electrons. The van der Waals surface area contributed by atoms with Crippen molar-refractivity contribution < 1.29 is 19.1 Å². The number of rotatable bonds is 11. The van der Waals surface area contributed by atoms with Crippen molar-refractivity contribution in [3.63, 3.8) is 0 Å². The summed E-state index contributed by atoms with van der Waals surface area (Å²) in [5.74, 6) is -0.629. The average molecular weight is 359 g/mol. The molecule has 0 aromatic rings. The molecule has 0 aliphatic carbocycles. The summed E-state index contributed by atoms with van der Waals surface area (Å²) in [7, 11) is 0.702. The Balaban J connectivity index is 4.08. The van der Waals surface area contributed by atoms with E-state index in [9.17, 15) is 9.59 Å². The number of carbonyl (C=O) groups is 2. The Morgan fingerprint density at radius 3 is 2.25 bits per heavy atom. The Labute approximate surface area is 147 Å². The standard InChI is InChI=1S/C18H34NO4P/c1-8-24(6,7)14-13-23-18(21)16(4)9-10-19(5)11-12-22-17(20)15(2)3/h9,24H,2,8,10-14H2,1,3-7H3/b16-9+. The van der Waals surface area contributed by atoms with Crippen LogP contribution < -0.4 is 0 Å². The number of likely N-dealkylation sites (N-methyl/N-ethyl adjacent to an activating group) is 1. The Morgan fingerprint density at radius 2 is 1.71 bits per heavy atom. The van der Waals surface area contributed by atoms with Crippen LogP contribution in [0.25, 0.3) is 0 Å². The molecule has 24 heavy (non-hydrogen) atoms. The summed E-state index contributed by atoms with van der Waals surface area (Å²) in [5.41, 5.74) is 1.00. The molecule has 0 unspecified atom stereocenters. The number of nitrogens with zero attached hydrogens (tertiary/aromatic N) is 1. The van der Waals surface area contributed by atoms with E-state index in [0.29, 0.717) is 37.4 Å². The molecule has 0 aromatic heterocycles. The molecule has 0 aliphatic rings. The van der Waals surface area contributed by atoms with Gasteiger partial charge in [0, 0.05) is 5.57 Å². The van der Waals surface area contributed by atoms with Gasteiger partial charge in [-0.1, -0.05) is 6.58 Å². The third kappa shape index (κ3) is 10.6. The summed E-state index contributed by atoms with van der Waals surface area (Å²) in [6, 6.07) is 0. The van der Waals surface area contributed by atoms with Crippen LogP contribution >= 0.6 is 7.26 Å². The zero-order valence-electron chi connectivity index (χ0n) is 16.1. The molecule has 0 fully saturated rings. The molecule has 0 N–H and O–H groups in total. The van der Waals surface area contributed by atoms with Crippen molar-refractivity contribution in [2.75, 3.05) is 59.0 Å². The van der Waals surface area contributed by atoms with Gasteiger partial charge in [0.25, 0.3) is 0 Å². The molecule has 0 aliphatic heterocycles. The Hall–Kier alpha value is -1.19. The fourth-order valence-electron chi connectivity index (χ4n) is 1.60. The number of hydrogen-bond acceptors (Lipinski definition) is 5. The summed E-state index contributed by atoms with van der Waals surface area (Å²) in [6.45, 7) is 15.7. The van der Waals surface area contributed by atoms with Crippen molar-refractivity contribution in [1.82, 2.24) is 4.90 Å². The summed E-state index contributed by atoms with van der Waals surface area (Å²) < 4.78 is 10.4. The molecule has 0 aromatic carbocycles. The number of carbonyl (C=O) groups excluding carboxylic acids is 2.